The Labute approximate surface area is 131 Å². The molecule has 3 rings (SSSR count). The predicted octanol–water partition coefficient (Wildman–Crippen LogP) is 2.99. The lowest BCUT2D eigenvalue weighted by atomic mass is 10.1. The molecule has 4 heteroatoms. The minimum absolute atomic E-state index is 0.290. The van der Waals surface area contributed by atoms with Gasteiger partial charge in [-0.05, 0) is 30.9 Å². The van der Waals surface area contributed by atoms with Crippen molar-refractivity contribution in [2.45, 2.75) is 25.7 Å². The van der Waals surface area contributed by atoms with E-state index in [9.17, 15) is 4.79 Å². The highest BCUT2D eigenvalue weighted by Crippen LogP contribution is 2.21. The summed E-state index contributed by atoms with van der Waals surface area (Å²) in [4.78, 5) is 17.6. The first-order chi connectivity index (χ1) is 10.8. The number of para-hydroxylation sites is 1. The van der Waals surface area contributed by atoms with Gasteiger partial charge in [0.25, 0.3) is 0 Å². The third-order valence-electron chi connectivity index (χ3n) is 4.55. The van der Waals surface area contributed by atoms with E-state index in [1.807, 2.05) is 11.0 Å². The van der Waals surface area contributed by atoms with E-state index >= 15 is 0 Å². The Bertz CT molecular complexity index is 635. The molecule has 1 aromatic carbocycles. The van der Waals surface area contributed by atoms with Crippen molar-refractivity contribution in [3.63, 3.8) is 0 Å². The molecule has 1 aromatic heterocycles. The number of hydrogen-bond acceptors (Lipinski definition) is 2. The number of amides is 1. The van der Waals surface area contributed by atoms with Crippen LogP contribution >= 0.6 is 0 Å². The number of methoxy groups -OCH3 is 1. The number of likely N-dealkylation sites (tertiary alicyclic amines) is 1. The fourth-order valence-corrected chi connectivity index (χ4v) is 3.36. The van der Waals surface area contributed by atoms with Gasteiger partial charge < -0.3 is 14.6 Å². The molecule has 1 saturated heterocycles. The van der Waals surface area contributed by atoms with Crippen LogP contribution in [0.1, 0.15) is 24.8 Å². The number of aromatic nitrogens is 1. The number of rotatable bonds is 6. The number of ether oxygens (including phenoxy) is 1. The summed E-state index contributed by atoms with van der Waals surface area (Å²) in [6.07, 6.45) is 5.64. The van der Waals surface area contributed by atoms with E-state index in [1.54, 1.807) is 7.11 Å². The average Bonchev–Trinajstić information content (AvgIpc) is 3.15. The molecule has 4 nitrogen and oxygen atoms in total. The van der Waals surface area contributed by atoms with Gasteiger partial charge in [-0.25, -0.2) is 0 Å². The second kappa shape index (κ2) is 6.97. The molecule has 0 bridgehead atoms. The summed E-state index contributed by atoms with van der Waals surface area (Å²) in [7, 11) is 1.73. The largest absolute Gasteiger partial charge is 0.384 e. The van der Waals surface area contributed by atoms with E-state index < -0.39 is 0 Å². The van der Waals surface area contributed by atoms with Crippen molar-refractivity contribution < 1.29 is 9.53 Å². The molecule has 2 heterocycles. The Balaban J connectivity index is 1.48. The van der Waals surface area contributed by atoms with Gasteiger partial charge in [-0.15, -0.1) is 0 Å². The number of H-pyrrole nitrogens is 1. The minimum Gasteiger partial charge on any atom is -0.384 e. The zero-order chi connectivity index (χ0) is 15.4. The molecule has 1 N–H and O–H groups in total. The van der Waals surface area contributed by atoms with Crippen LogP contribution in [0.2, 0.25) is 0 Å². The van der Waals surface area contributed by atoms with E-state index in [4.69, 9.17) is 4.74 Å². The average molecular weight is 300 g/mol. The van der Waals surface area contributed by atoms with Crippen molar-refractivity contribution in [2.75, 3.05) is 26.8 Å². The van der Waals surface area contributed by atoms with Gasteiger partial charge in [0.05, 0.1) is 6.61 Å². The number of nitrogens with one attached hydrogen (secondary N) is 1. The first kappa shape index (κ1) is 15.1. The van der Waals surface area contributed by atoms with Gasteiger partial charge >= 0.3 is 0 Å². The van der Waals surface area contributed by atoms with Crippen molar-refractivity contribution in [1.82, 2.24) is 9.88 Å². The topological polar surface area (TPSA) is 45.3 Å². The maximum atomic E-state index is 12.3. The summed E-state index contributed by atoms with van der Waals surface area (Å²) in [6, 6.07) is 8.32. The van der Waals surface area contributed by atoms with Crippen LogP contribution in [0.3, 0.4) is 0 Å². The van der Waals surface area contributed by atoms with Crippen LogP contribution in [0.25, 0.3) is 10.9 Å². The smallest absolute Gasteiger partial charge is 0.222 e. The van der Waals surface area contributed by atoms with Crippen LogP contribution in [0.4, 0.5) is 0 Å². The molecular formula is C18H24N2O2. The molecule has 0 spiro atoms. The first-order valence-corrected chi connectivity index (χ1v) is 8.09. The quantitative estimate of drug-likeness (QED) is 0.891. The van der Waals surface area contributed by atoms with Crippen molar-refractivity contribution in [1.29, 1.82) is 0 Å². The normalized spacial score (nSPS) is 18.2. The Morgan fingerprint density at radius 1 is 1.41 bits per heavy atom. The number of carbonyl (C=O) groups excluding carboxylic acids is 1. The Hall–Kier alpha value is -1.81. The van der Waals surface area contributed by atoms with Gasteiger partial charge in [0.2, 0.25) is 5.91 Å². The summed E-state index contributed by atoms with van der Waals surface area (Å²) >= 11 is 0. The number of hydrogen-bond donors (Lipinski definition) is 1. The van der Waals surface area contributed by atoms with Gasteiger partial charge in [0, 0.05) is 49.6 Å². The Morgan fingerprint density at radius 2 is 2.27 bits per heavy atom. The van der Waals surface area contributed by atoms with Crippen LogP contribution in [-0.4, -0.2) is 42.6 Å². The van der Waals surface area contributed by atoms with Crippen molar-refractivity contribution >= 4 is 16.8 Å². The van der Waals surface area contributed by atoms with Gasteiger partial charge in [0.1, 0.15) is 0 Å². The zero-order valence-corrected chi connectivity index (χ0v) is 13.2. The Kier molecular flexibility index (Phi) is 4.78. The number of carbonyl (C=O) groups is 1. The third-order valence-corrected chi connectivity index (χ3v) is 4.55. The maximum absolute atomic E-state index is 12.3. The molecule has 0 saturated carbocycles. The highest BCUT2D eigenvalue weighted by molar-refractivity contribution is 5.83. The number of nitrogens with zero attached hydrogens (tertiary/aromatic N) is 1. The summed E-state index contributed by atoms with van der Waals surface area (Å²) in [5.41, 5.74) is 2.48. The van der Waals surface area contributed by atoms with E-state index in [0.29, 0.717) is 18.2 Å². The molecule has 1 fully saturated rings. The van der Waals surface area contributed by atoms with Gasteiger partial charge in [-0.2, -0.15) is 0 Å². The Morgan fingerprint density at radius 3 is 3.14 bits per heavy atom. The summed E-state index contributed by atoms with van der Waals surface area (Å²) in [5, 5.41) is 1.27. The van der Waals surface area contributed by atoms with E-state index in [0.717, 1.165) is 39.0 Å². The first-order valence-electron chi connectivity index (χ1n) is 8.09. The highest BCUT2D eigenvalue weighted by atomic mass is 16.5. The second-order valence-corrected chi connectivity index (χ2v) is 6.16. The molecular weight excluding hydrogens is 276 g/mol. The maximum Gasteiger partial charge on any atom is 0.222 e. The van der Waals surface area contributed by atoms with Crippen LogP contribution in [0, 0.1) is 5.92 Å². The molecule has 1 atom stereocenters. The fraction of sp³-hybridized carbons (Fsp3) is 0.500. The molecule has 0 unspecified atom stereocenters. The van der Waals surface area contributed by atoms with Crippen molar-refractivity contribution in [2.24, 2.45) is 5.92 Å². The molecule has 1 aliphatic rings. The summed E-state index contributed by atoms with van der Waals surface area (Å²) in [6.45, 7) is 2.51. The molecule has 0 aliphatic carbocycles. The minimum atomic E-state index is 0.290. The summed E-state index contributed by atoms with van der Waals surface area (Å²) < 4.78 is 5.18. The van der Waals surface area contributed by atoms with E-state index in [-0.39, 0.29) is 0 Å². The number of fused-ring (bicyclic) bond motifs is 1. The van der Waals surface area contributed by atoms with Gasteiger partial charge in [-0.3, -0.25) is 4.79 Å². The van der Waals surface area contributed by atoms with Crippen LogP contribution in [0.15, 0.2) is 30.5 Å². The fourth-order valence-electron chi connectivity index (χ4n) is 3.36. The molecule has 22 heavy (non-hydrogen) atoms. The lowest BCUT2D eigenvalue weighted by molar-refractivity contribution is -0.130. The molecule has 0 radical (unpaired) electrons. The predicted molar refractivity (Wildman–Crippen MR) is 87.8 cm³/mol. The number of aryl methyl sites for hydroxylation is 1. The highest BCUT2D eigenvalue weighted by Gasteiger charge is 2.25. The van der Waals surface area contributed by atoms with Crippen LogP contribution in [0.5, 0.6) is 0 Å². The molecule has 118 valence electrons. The molecule has 2 aromatic rings. The third kappa shape index (κ3) is 3.33. The van der Waals surface area contributed by atoms with Gasteiger partial charge in [-0.1, -0.05) is 18.2 Å². The monoisotopic (exact) mass is 300 g/mol. The zero-order valence-electron chi connectivity index (χ0n) is 13.2. The SMILES string of the molecule is COC[C@@H]1CCN(C(=O)CCCc2c[nH]c3ccccc23)C1. The standard InChI is InChI=1S/C18H24N2O2/c1-22-13-14-9-10-20(12-14)18(21)8-4-5-15-11-19-17-7-3-2-6-16(15)17/h2-3,6-7,11,14,19H,4-5,8-10,12-13H2,1H3/t14-/m1/s1. The van der Waals surface area contributed by atoms with Crippen LogP contribution < -0.4 is 0 Å². The van der Waals surface area contributed by atoms with E-state index in [1.165, 1.54) is 16.5 Å². The number of aromatic amines is 1. The van der Waals surface area contributed by atoms with E-state index in [2.05, 4.69) is 29.4 Å². The lowest BCUT2D eigenvalue weighted by Crippen LogP contribution is -2.29. The van der Waals surface area contributed by atoms with Crippen molar-refractivity contribution in [3.8, 4) is 0 Å². The number of benzene rings is 1. The van der Waals surface area contributed by atoms with Crippen molar-refractivity contribution in [3.05, 3.63) is 36.0 Å². The summed E-state index contributed by atoms with van der Waals surface area (Å²) in [5.74, 6) is 0.806. The molecule has 1 aliphatic heterocycles. The second-order valence-electron chi connectivity index (χ2n) is 6.16. The lowest BCUT2D eigenvalue weighted by Gasteiger charge is -2.16. The molecule has 1 amide bonds. The van der Waals surface area contributed by atoms with Gasteiger partial charge in [0.15, 0.2) is 0 Å². The van der Waals surface area contributed by atoms with Crippen LogP contribution in [-0.2, 0) is 16.0 Å².